The van der Waals surface area contributed by atoms with Crippen molar-refractivity contribution in [1.82, 2.24) is 35.3 Å². The molecule has 102 valence electrons. The molecule has 2 heterocycles. The van der Waals surface area contributed by atoms with Crippen molar-refractivity contribution in [2.45, 2.75) is 26.2 Å². The third-order valence-corrected chi connectivity index (χ3v) is 2.66. The van der Waals surface area contributed by atoms with Crippen molar-refractivity contribution in [1.29, 1.82) is 0 Å². The van der Waals surface area contributed by atoms with Crippen LogP contribution in [-0.4, -0.2) is 42.4 Å². The summed E-state index contributed by atoms with van der Waals surface area (Å²) in [6.07, 6.45) is 4.00. The first-order chi connectivity index (χ1) is 9.20. The van der Waals surface area contributed by atoms with Gasteiger partial charge in [-0.05, 0) is 6.42 Å². The normalized spacial score (nSPS) is 10.6. The predicted octanol–water partition coefficient (Wildman–Crippen LogP) is -0.142. The van der Waals surface area contributed by atoms with Crippen molar-refractivity contribution >= 4 is 5.91 Å². The molecule has 0 aliphatic rings. The van der Waals surface area contributed by atoms with Gasteiger partial charge in [-0.1, -0.05) is 6.92 Å². The quantitative estimate of drug-likeness (QED) is 0.755. The van der Waals surface area contributed by atoms with Crippen LogP contribution in [0.3, 0.4) is 0 Å². The van der Waals surface area contributed by atoms with Gasteiger partial charge in [-0.15, -0.1) is 15.3 Å². The second-order valence-corrected chi connectivity index (χ2v) is 4.22. The summed E-state index contributed by atoms with van der Waals surface area (Å²) >= 11 is 0. The number of aryl methyl sites for hydroxylation is 2. The number of aromatic amines is 1. The molecule has 0 aliphatic carbocycles. The first-order valence-corrected chi connectivity index (χ1v) is 6.23. The summed E-state index contributed by atoms with van der Waals surface area (Å²) in [5.74, 6) is 1.46. The SMILES string of the molecule is CCCc1nc(C(=O)NCCc2nncn2C)n[nH]1. The fourth-order valence-electron chi connectivity index (χ4n) is 1.65. The first-order valence-electron chi connectivity index (χ1n) is 6.23. The van der Waals surface area contributed by atoms with E-state index in [0.29, 0.717) is 13.0 Å². The molecular formula is C11H17N7O. The molecular weight excluding hydrogens is 246 g/mol. The number of hydrogen-bond donors (Lipinski definition) is 2. The van der Waals surface area contributed by atoms with Crippen LogP contribution in [0.5, 0.6) is 0 Å². The lowest BCUT2D eigenvalue weighted by atomic mass is 10.3. The third kappa shape index (κ3) is 3.36. The van der Waals surface area contributed by atoms with Crippen LogP contribution >= 0.6 is 0 Å². The Balaban J connectivity index is 1.82. The highest BCUT2D eigenvalue weighted by Crippen LogP contribution is 1.97. The van der Waals surface area contributed by atoms with Crippen molar-refractivity contribution in [3.63, 3.8) is 0 Å². The fraction of sp³-hybridized carbons (Fsp3) is 0.545. The summed E-state index contributed by atoms with van der Waals surface area (Å²) in [7, 11) is 1.86. The molecule has 0 atom stereocenters. The topological polar surface area (TPSA) is 101 Å². The van der Waals surface area contributed by atoms with Crippen LogP contribution in [0.4, 0.5) is 0 Å². The summed E-state index contributed by atoms with van der Waals surface area (Å²) in [6, 6.07) is 0. The smallest absolute Gasteiger partial charge is 0.290 e. The number of nitrogens with zero attached hydrogens (tertiary/aromatic N) is 5. The van der Waals surface area contributed by atoms with Gasteiger partial charge in [0.2, 0.25) is 5.82 Å². The van der Waals surface area contributed by atoms with Crippen molar-refractivity contribution < 1.29 is 4.79 Å². The van der Waals surface area contributed by atoms with Crippen LogP contribution in [0.2, 0.25) is 0 Å². The molecule has 0 spiro atoms. The maximum atomic E-state index is 11.8. The Bertz CT molecular complexity index is 545. The zero-order valence-electron chi connectivity index (χ0n) is 11.1. The Kier molecular flexibility index (Phi) is 4.22. The number of carbonyl (C=O) groups is 1. The van der Waals surface area contributed by atoms with Gasteiger partial charge in [-0.3, -0.25) is 9.89 Å². The molecule has 0 aliphatic heterocycles. The average Bonchev–Trinajstić information content (AvgIpc) is 3.00. The second-order valence-electron chi connectivity index (χ2n) is 4.22. The molecule has 0 fully saturated rings. The molecule has 2 aromatic heterocycles. The van der Waals surface area contributed by atoms with Gasteiger partial charge in [-0.25, -0.2) is 4.98 Å². The Hall–Kier alpha value is -2.25. The molecule has 0 aromatic carbocycles. The van der Waals surface area contributed by atoms with Gasteiger partial charge in [0.1, 0.15) is 18.0 Å². The Labute approximate surface area is 110 Å². The van der Waals surface area contributed by atoms with E-state index in [1.807, 2.05) is 18.5 Å². The van der Waals surface area contributed by atoms with Gasteiger partial charge in [0.15, 0.2) is 0 Å². The molecule has 1 amide bonds. The molecule has 0 saturated carbocycles. The van der Waals surface area contributed by atoms with E-state index >= 15 is 0 Å². The van der Waals surface area contributed by atoms with E-state index in [2.05, 4.69) is 30.7 Å². The lowest BCUT2D eigenvalue weighted by Crippen LogP contribution is -2.27. The third-order valence-electron chi connectivity index (χ3n) is 2.66. The van der Waals surface area contributed by atoms with Crippen molar-refractivity contribution in [2.24, 2.45) is 7.05 Å². The van der Waals surface area contributed by atoms with E-state index in [4.69, 9.17) is 0 Å². The molecule has 8 nitrogen and oxygen atoms in total. The van der Waals surface area contributed by atoms with Crippen LogP contribution < -0.4 is 5.32 Å². The molecule has 0 saturated heterocycles. The van der Waals surface area contributed by atoms with Crippen molar-refractivity contribution in [2.75, 3.05) is 6.54 Å². The molecule has 0 radical (unpaired) electrons. The van der Waals surface area contributed by atoms with E-state index in [1.165, 1.54) is 0 Å². The number of carbonyl (C=O) groups excluding carboxylic acids is 1. The molecule has 0 unspecified atom stereocenters. The molecule has 19 heavy (non-hydrogen) atoms. The number of nitrogens with one attached hydrogen (secondary N) is 2. The molecule has 8 heteroatoms. The van der Waals surface area contributed by atoms with E-state index < -0.39 is 0 Å². The maximum absolute atomic E-state index is 11.8. The molecule has 2 rings (SSSR count). The summed E-state index contributed by atoms with van der Waals surface area (Å²) in [5, 5.41) is 17.1. The molecule has 0 bridgehead atoms. The Morgan fingerprint density at radius 2 is 2.32 bits per heavy atom. The lowest BCUT2D eigenvalue weighted by Gasteiger charge is -2.01. The Morgan fingerprint density at radius 1 is 1.47 bits per heavy atom. The fourth-order valence-corrected chi connectivity index (χ4v) is 1.65. The highest BCUT2D eigenvalue weighted by Gasteiger charge is 2.11. The minimum atomic E-state index is -0.277. The molecule has 2 aromatic rings. The lowest BCUT2D eigenvalue weighted by molar-refractivity contribution is 0.0944. The highest BCUT2D eigenvalue weighted by atomic mass is 16.2. The zero-order chi connectivity index (χ0) is 13.7. The Morgan fingerprint density at radius 3 is 3.00 bits per heavy atom. The van der Waals surface area contributed by atoms with Crippen molar-refractivity contribution in [3.05, 3.63) is 23.8 Å². The van der Waals surface area contributed by atoms with E-state index in [9.17, 15) is 4.79 Å². The van der Waals surface area contributed by atoms with Gasteiger partial charge in [0, 0.05) is 26.4 Å². The number of amides is 1. The number of H-pyrrole nitrogens is 1. The van der Waals surface area contributed by atoms with E-state index in [1.54, 1.807) is 6.33 Å². The monoisotopic (exact) mass is 263 g/mol. The largest absolute Gasteiger partial charge is 0.349 e. The summed E-state index contributed by atoms with van der Waals surface area (Å²) in [4.78, 5) is 15.9. The predicted molar refractivity (Wildman–Crippen MR) is 67.4 cm³/mol. The minimum Gasteiger partial charge on any atom is -0.349 e. The number of rotatable bonds is 6. The van der Waals surface area contributed by atoms with Gasteiger partial charge < -0.3 is 9.88 Å². The van der Waals surface area contributed by atoms with Crippen LogP contribution in [0.1, 0.15) is 35.6 Å². The average molecular weight is 263 g/mol. The second kappa shape index (κ2) is 6.07. The molecule has 2 N–H and O–H groups in total. The van der Waals surface area contributed by atoms with Crippen molar-refractivity contribution in [3.8, 4) is 0 Å². The number of aromatic nitrogens is 6. The van der Waals surface area contributed by atoms with Crippen LogP contribution in [0, 0.1) is 0 Å². The zero-order valence-corrected chi connectivity index (χ0v) is 11.1. The van der Waals surface area contributed by atoms with E-state index in [-0.39, 0.29) is 11.7 Å². The maximum Gasteiger partial charge on any atom is 0.290 e. The number of hydrogen-bond acceptors (Lipinski definition) is 5. The summed E-state index contributed by atoms with van der Waals surface area (Å²) < 4.78 is 1.82. The first kappa shape index (κ1) is 13.2. The minimum absolute atomic E-state index is 0.182. The summed E-state index contributed by atoms with van der Waals surface area (Å²) in [6.45, 7) is 2.52. The van der Waals surface area contributed by atoms with Gasteiger partial charge in [0.25, 0.3) is 5.91 Å². The summed E-state index contributed by atoms with van der Waals surface area (Å²) in [5.41, 5.74) is 0. The van der Waals surface area contributed by atoms with Gasteiger partial charge in [0.05, 0.1) is 0 Å². The highest BCUT2D eigenvalue weighted by molar-refractivity contribution is 5.90. The van der Waals surface area contributed by atoms with Crippen LogP contribution in [0.15, 0.2) is 6.33 Å². The standard InChI is InChI=1S/C11H17N7O/c1-3-4-8-14-10(17-15-8)11(19)12-6-5-9-16-13-7-18(9)2/h7H,3-6H2,1-2H3,(H,12,19)(H,14,15,17). The van der Waals surface area contributed by atoms with Gasteiger partial charge in [-0.2, -0.15) is 0 Å². The van der Waals surface area contributed by atoms with Crippen LogP contribution in [-0.2, 0) is 19.9 Å². The van der Waals surface area contributed by atoms with Crippen LogP contribution in [0.25, 0.3) is 0 Å². The van der Waals surface area contributed by atoms with Gasteiger partial charge >= 0.3 is 0 Å². The van der Waals surface area contributed by atoms with E-state index in [0.717, 1.165) is 24.5 Å².